The number of alkyl halides is 2. The second-order valence-corrected chi connectivity index (χ2v) is 4.72. The maximum Gasteiger partial charge on any atom is 0.261 e. The molecule has 2 nitrogen and oxygen atoms in total. The summed E-state index contributed by atoms with van der Waals surface area (Å²) < 4.78 is 28.4. The Balaban J connectivity index is 2.35. The van der Waals surface area contributed by atoms with Crippen LogP contribution in [0, 0.1) is 0 Å². The molecular weight excluding hydrogens is 283 g/mol. The van der Waals surface area contributed by atoms with Gasteiger partial charge in [-0.25, -0.2) is 8.78 Å². The fraction of sp³-hybridized carbons (Fsp3) is 0.500. The lowest BCUT2D eigenvalue weighted by molar-refractivity contribution is 0.0153. The fourth-order valence-corrected chi connectivity index (χ4v) is 1.90. The van der Waals surface area contributed by atoms with E-state index in [-0.39, 0.29) is 12.6 Å². The minimum atomic E-state index is -2.44. The molecule has 1 rings (SSSR count). The average Bonchev–Trinajstić information content (AvgIpc) is 2.30. The summed E-state index contributed by atoms with van der Waals surface area (Å²) in [5, 5.41) is 0.971. The fourth-order valence-electron chi connectivity index (χ4n) is 1.50. The highest BCUT2D eigenvalue weighted by atomic mass is 35.5. The highest BCUT2D eigenvalue weighted by molar-refractivity contribution is 6.42. The average molecular weight is 298 g/mol. The zero-order chi connectivity index (χ0) is 13.5. The highest BCUT2D eigenvalue weighted by Gasteiger charge is 2.10. The van der Waals surface area contributed by atoms with Gasteiger partial charge in [-0.1, -0.05) is 35.3 Å². The molecule has 0 aliphatic carbocycles. The quantitative estimate of drug-likeness (QED) is 0.782. The van der Waals surface area contributed by atoms with Crippen molar-refractivity contribution in [3.05, 3.63) is 33.8 Å². The smallest absolute Gasteiger partial charge is 0.261 e. The minimum absolute atomic E-state index is 0.196. The van der Waals surface area contributed by atoms with Crippen LogP contribution in [0.25, 0.3) is 0 Å². The first-order chi connectivity index (χ1) is 8.50. The van der Waals surface area contributed by atoms with Crippen molar-refractivity contribution in [3.63, 3.8) is 0 Å². The van der Waals surface area contributed by atoms with Crippen LogP contribution in [0.5, 0.6) is 0 Å². The van der Waals surface area contributed by atoms with Gasteiger partial charge in [0.1, 0.15) is 6.61 Å². The molecule has 0 aliphatic rings. The van der Waals surface area contributed by atoms with E-state index in [2.05, 4.69) is 0 Å². The van der Waals surface area contributed by atoms with Gasteiger partial charge in [-0.3, -0.25) is 0 Å². The predicted molar refractivity (Wildman–Crippen MR) is 69.6 cm³/mol. The first-order valence-electron chi connectivity index (χ1n) is 5.55. The molecule has 1 atom stereocenters. The van der Waals surface area contributed by atoms with Crippen molar-refractivity contribution in [3.8, 4) is 0 Å². The summed E-state index contributed by atoms with van der Waals surface area (Å²) in [5.74, 6) is 0. The molecule has 0 fully saturated rings. The number of halogens is 4. The summed E-state index contributed by atoms with van der Waals surface area (Å²) >= 11 is 11.9. The van der Waals surface area contributed by atoms with Crippen molar-refractivity contribution in [2.45, 2.75) is 25.3 Å². The van der Waals surface area contributed by atoms with Crippen molar-refractivity contribution in [2.75, 3.05) is 13.2 Å². The van der Waals surface area contributed by atoms with Gasteiger partial charge in [-0.15, -0.1) is 0 Å². The summed E-state index contributed by atoms with van der Waals surface area (Å²) in [6, 6.07) is 5.14. The lowest BCUT2D eigenvalue weighted by atomic mass is 10.0. The van der Waals surface area contributed by atoms with Gasteiger partial charge >= 0.3 is 0 Å². The first-order valence-corrected chi connectivity index (χ1v) is 6.30. The normalized spacial score (nSPS) is 13.0. The molecule has 18 heavy (non-hydrogen) atoms. The van der Waals surface area contributed by atoms with Gasteiger partial charge in [-0.05, 0) is 24.5 Å². The van der Waals surface area contributed by atoms with Crippen molar-refractivity contribution < 1.29 is 13.5 Å². The molecule has 1 aromatic rings. The van der Waals surface area contributed by atoms with Gasteiger partial charge < -0.3 is 10.5 Å². The SMILES string of the molecule is NC(CCOCC(F)F)Cc1cccc(Cl)c1Cl. The van der Waals surface area contributed by atoms with Crippen molar-refractivity contribution in [1.82, 2.24) is 0 Å². The molecule has 0 bridgehead atoms. The Bertz CT molecular complexity index is 377. The van der Waals surface area contributed by atoms with E-state index >= 15 is 0 Å². The zero-order valence-corrected chi connectivity index (χ0v) is 11.2. The number of hydrogen-bond acceptors (Lipinski definition) is 2. The molecule has 0 saturated heterocycles. The Labute approximate surface area is 115 Å². The molecule has 6 heteroatoms. The molecule has 2 N–H and O–H groups in total. The molecule has 102 valence electrons. The summed E-state index contributed by atoms with van der Waals surface area (Å²) in [5.41, 5.74) is 6.72. The monoisotopic (exact) mass is 297 g/mol. The largest absolute Gasteiger partial charge is 0.375 e. The topological polar surface area (TPSA) is 35.2 Å². The zero-order valence-electron chi connectivity index (χ0n) is 9.71. The van der Waals surface area contributed by atoms with Crippen LogP contribution in [0.2, 0.25) is 10.0 Å². The van der Waals surface area contributed by atoms with Crippen LogP contribution in [-0.2, 0) is 11.2 Å². The van der Waals surface area contributed by atoms with E-state index in [1.54, 1.807) is 12.1 Å². The van der Waals surface area contributed by atoms with E-state index in [1.165, 1.54) is 0 Å². The molecule has 0 aliphatic heterocycles. The summed E-state index contributed by atoms with van der Waals surface area (Å²) in [6.45, 7) is -0.339. The summed E-state index contributed by atoms with van der Waals surface area (Å²) in [6.07, 6.45) is -1.41. The van der Waals surface area contributed by atoms with E-state index in [9.17, 15) is 8.78 Å². The van der Waals surface area contributed by atoms with Gasteiger partial charge in [-0.2, -0.15) is 0 Å². The van der Waals surface area contributed by atoms with E-state index in [0.717, 1.165) is 5.56 Å². The van der Waals surface area contributed by atoms with Gasteiger partial charge in [0.25, 0.3) is 6.43 Å². The first kappa shape index (κ1) is 15.6. The highest BCUT2D eigenvalue weighted by Crippen LogP contribution is 2.26. The van der Waals surface area contributed by atoms with Crippen molar-refractivity contribution in [2.24, 2.45) is 5.73 Å². The Morgan fingerprint density at radius 3 is 2.67 bits per heavy atom. The van der Waals surface area contributed by atoms with Crippen LogP contribution in [0.1, 0.15) is 12.0 Å². The van der Waals surface area contributed by atoms with E-state index in [1.807, 2.05) is 6.07 Å². The predicted octanol–water partition coefficient (Wildman–Crippen LogP) is 3.54. The van der Waals surface area contributed by atoms with Crippen molar-refractivity contribution >= 4 is 23.2 Å². The van der Waals surface area contributed by atoms with E-state index in [4.69, 9.17) is 33.7 Å². The Morgan fingerprint density at radius 1 is 1.28 bits per heavy atom. The second-order valence-electron chi connectivity index (χ2n) is 3.93. The molecular formula is C12H15Cl2F2NO. The number of nitrogens with two attached hydrogens (primary N) is 1. The molecule has 0 spiro atoms. The molecule has 0 amide bonds. The summed E-state index contributed by atoms with van der Waals surface area (Å²) in [4.78, 5) is 0. The van der Waals surface area contributed by atoms with Gasteiger partial charge in [0.15, 0.2) is 0 Å². The number of rotatable bonds is 7. The van der Waals surface area contributed by atoms with Crippen LogP contribution in [-0.4, -0.2) is 25.7 Å². The maximum atomic E-state index is 11.8. The van der Waals surface area contributed by atoms with Gasteiger partial charge in [0, 0.05) is 12.6 Å². The molecule has 0 heterocycles. The van der Waals surface area contributed by atoms with Crippen LogP contribution >= 0.6 is 23.2 Å². The van der Waals surface area contributed by atoms with Crippen LogP contribution < -0.4 is 5.73 Å². The Hall–Kier alpha value is -0.420. The standard InChI is InChI=1S/C12H15Cl2F2NO/c13-10-3-1-2-8(12(10)14)6-9(17)4-5-18-7-11(15)16/h1-3,9,11H,4-7,17H2. The molecule has 0 saturated carbocycles. The molecule has 0 aromatic heterocycles. The second kappa shape index (κ2) is 7.89. The number of benzene rings is 1. The van der Waals surface area contributed by atoms with Gasteiger partial charge in [0.2, 0.25) is 0 Å². The third-order valence-corrected chi connectivity index (χ3v) is 3.25. The number of ether oxygens (including phenoxy) is 1. The van der Waals surface area contributed by atoms with Crippen LogP contribution in [0.15, 0.2) is 18.2 Å². The lowest BCUT2D eigenvalue weighted by Crippen LogP contribution is -2.25. The third-order valence-electron chi connectivity index (χ3n) is 2.39. The molecule has 1 aromatic carbocycles. The number of hydrogen-bond donors (Lipinski definition) is 1. The van der Waals surface area contributed by atoms with E-state index < -0.39 is 13.0 Å². The van der Waals surface area contributed by atoms with Crippen LogP contribution in [0.3, 0.4) is 0 Å². The summed E-state index contributed by atoms with van der Waals surface area (Å²) in [7, 11) is 0. The lowest BCUT2D eigenvalue weighted by Gasteiger charge is -2.13. The van der Waals surface area contributed by atoms with Crippen molar-refractivity contribution in [1.29, 1.82) is 0 Å². The molecule has 1 unspecified atom stereocenters. The van der Waals surface area contributed by atoms with Gasteiger partial charge in [0.05, 0.1) is 10.0 Å². The maximum absolute atomic E-state index is 11.8. The Kier molecular flexibility index (Phi) is 6.86. The van der Waals surface area contributed by atoms with E-state index in [0.29, 0.717) is 22.9 Å². The van der Waals surface area contributed by atoms with Crippen LogP contribution in [0.4, 0.5) is 8.78 Å². The third kappa shape index (κ3) is 5.48. The Morgan fingerprint density at radius 2 is 2.00 bits per heavy atom. The minimum Gasteiger partial charge on any atom is -0.375 e. The molecule has 0 radical (unpaired) electrons.